The molecule has 0 aromatic heterocycles. The summed E-state index contributed by atoms with van der Waals surface area (Å²) in [6.07, 6.45) is -3.49. The second-order valence-electron chi connectivity index (χ2n) is 1.60. The molecule has 0 aliphatic carbocycles. The Hall–Kier alpha value is -2.15. The minimum absolute atomic E-state index is 0. The Balaban J connectivity index is -0.000000320. The van der Waals surface area contributed by atoms with Crippen LogP contribution in [0.15, 0.2) is 0 Å². The quantitative estimate of drug-likeness (QED) is 0.351. The molecule has 15 heavy (non-hydrogen) atoms. The maximum atomic E-state index is 11.2. The maximum absolute atomic E-state index is 11.2. The van der Waals surface area contributed by atoms with Gasteiger partial charge in [-0.1, -0.05) is 0 Å². The summed E-state index contributed by atoms with van der Waals surface area (Å²) in [6, 6.07) is 0. The summed E-state index contributed by atoms with van der Waals surface area (Å²) in [5, 5.41) is 7.90. The Morgan fingerprint density at radius 1 is 1.47 bits per heavy atom. The molecule has 0 fully saturated rings. The van der Waals surface area contributed by atoms with Gasteiger partial charge in [-0.15, -0.1) is 13.2 Å². The van der Waals surface area contributed by atoms with E-state index in [4.69, 9.17) is 9.90 Å². The van der Waals surface area contributed by atoms with E-state index in [0.717, 1.165) is 0 Å². The molecule has 0 spiro atoms. The van der Waals surface area contributed by atoms with Crippen molar-refractivity contribution >= 4 is 12.3 Å². The van der Waals surface area contributed by atoms with Gasteiger partial charge in [0.2, 0.25) is 0 Å². The summed E-state index contributed by atoms with van der Waals surface area (Å²) in [4.78, 5) is 18.7. The van der Waals surface area contributed by atoms with Crippen molar-refractivity contribution < 1.29 is 37.3 Å². The monoisotopic (exact) mass is 484 g/mol. The number of carbonyl (C=O) groups is 1. The van der Waals surface area contributed by atoms with E-state index in [0.29, 0.717) is 0 Å². The topological polar surface area (TPSA) is 72.8 Å². The predicted molar refractivity (Wildman–Crippen MR) is 36.6 cm³/mol. The number of rotatable bonds is 3. The van der Waals surface area contributed by atoms with Crippen LogP contribution < -0.4 is 0 Å². The second kappa shape index (κ2) is 9.93. The number of hydrogen-bond acceptors (Lipinski definition) is 5. The molecule has 9 heteroatoms. The Morgan fingerprint density at radius 3 is 2.13 bits per heavy atom. The number of aliphatic hydroxyl groups excluding tert-OH is 1. The molecule has 0 amide bonds. The molecular formula is C6H8F3O5Rf-. The molecule has 0 unspecified atom stereocenters. The van der Waals surface area contributed by atoms with Crippen LogP contribution in [0, 0.1) is 0 Å². The van der Waals surface area contributed by atoms with Gasteiger partial charge in [0.1, 0.15) is 13.4 Å². The largest absolute Gasteiger partial charge is 0.575 e. The molecule has 0 aromatic carbocycles. The molecule has 0 saturated carbocycles. The van der Waals surface area contributed by atoms with Crippen molar-refractivity contribution in [3.63, 3.8) is 0 Å². The van der Waals surface area contributed by atoms with Gasteiger partial charge in [-0.3, -0.25) is 6.29 Å². The number of carbonyl (C=O) groups excluding carboxylic acids is 2. The Labute approximate surface area is 77.4 Å². The normalized spacial score (nSPS) is 9.13. The maximum Gasteiger partial charge on any atom is 0.575 e. The number of halogens is 3. The Kier molecular flexibility index (Phi) is 12.3. The third-order valence-corrected chi connectivity index (χ3v) is 0.541. The fourth-order valence-electron chi connectivity index (χ4n) is 0.288. The van der Waals surface area contributed by atoms with E-state index >= 15 is 0 Å². The zero-order chi connectivity index (χ0) is 11.6. The van der Waals surface area contributed by atoms with E-state index in [9.17, 15) is 18.0 Å². The molecule has 0 radical (unpaired) electrons. The smallest absolute Gasteiger partial charge is 0.542 e. The minimum atomic E-state index is -4.99. The van der Waals surface area contributed by atoms with Crippen LogP contribution >= 0.6 is 0 Å². The van der Waals surface area contributed by atoms with Crippen molar-refractivity contribution in [3.05, 3.63) is 0 Å². The first-order valence-corrected chi connectivity index (χ1v) is 3.13. The van der Waals surface area contributed by atoms with Gasteiger partial charge in [0.25, 0.3) is 0 Å². The molecule has 0 saturated heterocycles. The number of esters is 1. The number of aliphatic hydroxyl groups is 1. The minimum Gasteiger partial charge on any atom is -0.542 e. The van der Waals surface area contributed by atoms with Gasteiger partial charge in [0, 0.05) is 0 Å². The van der Waals surface area contributed by atoms with Crippen LogP contribution in [0.5, 0.6) is 0 Å². The molecule has 0 aliphatic rings. The summed E-state index contributed by atoms with van der Waals surface area (Å²) in [5.41, 5.74) is 0. The molecule has 0 heterocycles. The Morgan fingerprint density at radius 2 is 1.87 bits per heavy atom. The van der Waals surface area contributed by atoms with Gasteiger partial charge in [-0.25, -0.2) is 4.79 Å². The number of hydrogen-bond donors (Lipinski definition) is 1. The zero-order valence-electron chi connectivity index (χ0n) is 7.84. The van der Waals surface area contributed by atoms with E-state index in [1.54, 1.807) is 0 Å². The molecule has 0 aromatic rings. The van der Waals surface area contributed by atoms with Crippen LogP contribution in [0.1, 0.15) is 6.92 Å². The SMILES string of the molecule is C[C-]=O.O=C(COCO)OC(F)(F)F.[Rf]. The van der Waals surface area contributed by atoms with Gasteiger partial charge in [0.15, 0.2) is 0 Å². The van der Waals surface area contributed by atoms with Crippen molar-refractivity contribution in [1.29, 1.82) is 0 Å². The third-order valence-electron chi connectivity index (χ3n) is 0.541. The van der Waals surface area contributed by atoms with Crippen LogP contribution in [0.25, 0.3) is 0 Å². The summed E-state index contributed by atoms with van der Waals surface area (Å²) in [6.45, 7) is -0.428. The molecule has 0 rings (SSSR count). The van der Waals surface area contributed by atoms with Crippen molar-refractivity contribution in [2.45, 2.75) is 13.3 Å². The third kappa shape index (κ3) is 24.5. The van der Waals surface area contributed by atoms with Crippen LogP contribution in [0.2, 0.25) is 0 Å². The van der Waals surface area contributed by atoms with E-state index in [1.165, 1.54) is 13.2 Å². The number of ether oxygens (including phenoxy) is 2. The predicted octanol–water partition coefficient (Wildman–Crippen LogP) is 0.132. The zero-order valence-corrected chi connectivity index (χ0v) is 14.2. The summed E-state index contributed by atoms with van der Waals surface area (Å²) in [7, 11) is 0. The Bertz CT molecular complexity index is 173. The van der Waals surface area contributed by atoms with Gasteiger partial charge in [-0.2, -0.15) is 6.92 Å². The van der Waals surface area contributed by atoms with Gasteiger partial charge >= 0.3 is 12.3 Å². The van der Waals surface area contributed by atoms with Gasteiger partial charge in [0.05, 0.1) is 0 Å². The van der Waals surface area contributed by atoms with E-state index in [1.807, 2.05) is 0 Å². The van der Waals surface area contributed by atoms with Crippen LogP contribution in [0.4, 0.5) is 13.2 Å². The average molecular weight is 484 g/mol. The number of alkyl halides is 3. The van der Waals surface area contributed by atoms with Gasteiger partial charge in [-0.05, 0) is 0 Å². The van der Waals surface area contributed by atoms with Crippen molar-refractivity contribution in [2.75, 3.05) is 13.4 Å². The van der Waals surface area contributed by atoms with Crippen molar-refractivity contribution in [1.82, 2.24) is 0 Å². The first kappa shape index (κ1) is 18.6. The fraction of sp³-hybridized carbons (Fsp3) is 0.667. The van der Waals surface area contributed by atoms with E-state index in [2.05, 4.69) is 9.47 Å². The van der Waals surface area contributed by atoms with Gasteiger partial charge < -0.3 is 19.4 Å². The average Bonchev–Trinajstić information content (AvgIpc) is 1.99. The van der Waals surface area contributed by atoms with Crippen LogP contribution in [-0.4, -0.2) is 37.1 Å². The van der Waals surface area contributed by atoms with Crippen molar-refractivity contribution in [2.24, 2.45) is 0 Å². The van der Waals surface area contributed by atoms with E-state index < -0.39 is 25.7 Å². The summed E-state index contributed by atoms with van der Waals surface area (Å²) in [5.74, 6) is -1.59. The summed E-state index contributed by atoms with van der Waals surface area (Å²) >= 11 is 0. The van der Waals surface area contributed by atoms with Crippen molar-refractivity contribution in [3.8, 4) is 0 Å². The molecule has 0 aliphatic heterocycles. The van der Waals surface area contributed by atoms with Crippen LogP contribution in [-0.2, 0) is 19.1 Å². The fourth-order valence-corrected chi connectivity index (χ4v) is 0.288. The molecular weight excluding hydrogens is 476 g/mol. The molecule has 0 atom stereocenters. The van der Waals surface area contributed by atoms with E-state index in [-0.39, 0.29) is 0 Å². The molecule has 0 bridgehead atoms. The van der Waals surface area contributed by atoms with Crippen LogP contribution in [0.3, 0.4) is 0 Å². The standard InChI is InChI=1S/C4H5F3O4.C2H3O.Rf/c5-4(6,7)11-3(9)1-10-2-8;1-2-3;/h8H,1-2H2;1H3;/q;-1;. The summed E-state index contributed by atoms with van der Waals surface area (Å²) < 4.78 is 40.3. The first-order valence-electron chi connectivity index (χ1n) is 3.13. The molecule has 86 valence electrons. The second-order valence-corrected chi connectivity index (χ2v) is 1.60. The molecule has 5 nitrogen and oxygen atoms in total. The first-order chi connectivity index (χ1) is 6.37. The molecule has 1 N–H and O–H groups in total.